The Morgan fingerprint density at radius 1 is 1.50 bits per heavy atom. The highest BCUT2D eigenvalue weighted by Gasteiger charge is 2.04. The van der Waals surface area contributed by atoms with Gasteiger partial charge in [-0.1, -0.05) is 18.5 Å². The van der Waals surface area contributed by atoms with Gasteiger partial charge in [-0.15, -0.1) is 0 Å². The predicted octanol–water partition coefficient (Wildman–Crippen LogP) is 3.51. The molecule has 0 aromatic heterocycles. The van der Waals surface area contributed by atoms with Crippen molar-refractivity contribution in [2.45, 2.75) is 33.2 Å². The third-order valence-electron chi connectivity index (χ3n) is 2.31. The van der Waals surface area contributed by atoms with E-state index >= 15 is 0 Å². The molecule has 0 aliphatic heterocycles. The van der Waals surface area contributed by atoms with Crippen LogP contribution in [0.1, 0.15) is 27.2 Å². The zero-order valence-corrected chi connectivity index (χ0v) is 10.6. The van der Waals surface area contributed by atoms with Crippen LogP contribution in [0.25, 0.3) is 0 Å². The zero-order valence-electron chi connectivity index (χ0n) is 9.80. The minimum atomic E-state index is -0.121. The van der Waals surface area contributed by atoms with Crippen molar-refractivity contribution in [3.8, 4) is 0 Å². The standard InChI is InChI=1S/C12H17ClN2O/c1-4-8(2)14-10-5-6-12(11(13)7-10)15-9(3)16/h5-8,14H,4H2,1-3H3,(H,15,16). The van der Waals surface area contributed by atoms with Crippen molar-refractivity contribution in [1.82, 2.24) is 0 Å². The molecule has 0 saturated heterocycles. The lowest BCUT2D eigenvalue weighted by molar-refractivity contribution is -0.114. The molecule has 3 nitrogen and oxygen atoms in total. The van der Waals surface area contributed by atoms with Crippen LogP contribution >= 0.6 is 11.6 Å². The summed E-state index contributed by atoms with van der Waals surface area (Å²) in [4.78, 5) is 10.9. The molecule has 2 N–H and O–H groups in total. The van der Waals surface area contributed by atoms with E-state index in [4.69, 9.17) is 11.6 Å². The summed E-state index contributed by atoms with van der Waals surface area (Å²) in [5, 5.41) is 6.53. The van der Waals surface area contributed by atoms with E-state index in [1.165, 1.54) is 6.92 Å². The first kappa shape index (κ1) is 12.8. The van der Waals surface area contributed by atoms with E-state index in [0.29, 0.717) is 16.8 Å². The van der Waals surface area contributed by atoms with Gasteiger partial charge in [0, 0.05) is 18.7 Å². The van der Waals surface area contributed by atoms with Crippen LogP contribution in [-0.4, -0.2) is 11.9 Å². The number of hydrogen-bond donors (Lipinski definition) is 2. The molecule has 0 fully saturated rings. The highest BCUT2D eigenvalue weighted by Crippen LogP contribution is 2.25. The van der Waals surface area contributed by atoms with Gasteiger partial charge in [0.15, 0.2) is 0 Å². The van der Waals surface area contributed by atoms with E-state index in [2.05, 4.69) is 24.5 Å². The van der Waals surface area contributed by atoms with Crippen LogP contribution in [0, 0.1) is 0 Å². The Hall–Kier alpha value is -1.22. The topological polar surface area (TPSA) is 41.1 Å². The van der Waals surface area contributed by atoms with Crippen molar-refractivity contribution < 1.29 is 4.79 Å². The summed E-state index contributed by atoms with van der Waals surface area (Å²) in [6.45, 7) is 5.68. The summed E-state index contributed by atoms with van der Waals surface area (Å²) in [7, 11) is 0. The van der Waals surface area contributed by atoms with Crippen molar-refractivity contribution in [3.05, 3.63) is 23.2 Å². The van der Waals surface area contributed by atoms with Gasteiger partial charge in [-0.05, 0) is 31.5 Å². The Kier molecular flexibility index (Phi) is 4.62. The lowest BCUT2D eigenvalue weighted by atomic mass is 10.2. The minimum Gasteiger partial charge on any atom is -0.383 e. The van der Waals surface area contributed by atoms with Gasteiger partial charge in [0.25, 0.3) is 0 Å². The molecule has 1 amide bonds. The third-order valence-corrected chi connectivity index (χ3v) is 2.62. The molecule has 0 saturated carbocycles. The van der Waals surface area contributed by atoms with Gasteiger partial charge in [-0.25, -0.2) is 0 Å². The van der Waals surface area contributed by atoms with Crippen LogP contribution in [0.2, 0.25) is 5.02 Å². The van der Waals surface area contributed by atoms with E-state index in [9.17, 15) is 4.79 Å². The molecule has 4 heteroatoms. The summed E-state index contributed by atoms with van der Waals surface area (Å²) < 4.78 is 0. The van der Waals surface area contributed by atoms with Crippen LogP contribution in [0.15, 0.2) is 18.2 Å². The number of halogens is 1. The average Bonchev–Trinajstić information content (AvgIpc) is 2.21. The highest BCUT2D eigenvalue weighted by molar-refractivity contribution is 6.34. The van der Waals surface area contributed by atoms with Crippen LogP contribution < -0.4 is 10.6 Å². The second kappa shape index (κ2) is 5.75. The SMILES string of the molecule is CCC(C)Nc1ccc(NC(C)=O)c(Cl)c1. The molecule has 0 spiro atoms. The first-order chi connectivity index (χ1) is 7.52. The number of benzene rings is 1. The molecule has 0 bridgehead atoms. The monoisotopic (exact) mass is 240 g/mol. The van der Waals surface area contributed by atoms with Gasteiger partial charge in [0.05, 0.1) is 10.7 Å². The molecular weight excluding hydrogens is 224 g/mol. The summed E-state index contributed by atoms with van der Waals surface area (Å²) >= 11 is 6.05. The molecule has 1 rings (SSSR count). The van der Waals surface area contributed by atoms with Gasteiger partial charge in [0.2, 0.25) is 5.91 Å². The molecule has 1 aromatic carbocycles. The second-order valence-corrected chi connectivity index (χ2v) is 4.24. The molecule has 0 radical (unpaired) electrons. The van der Waals surface area contributed by atoms with E-state index in [1.807, 2.05) is 12.1 Å². The quantitative estimate of drug-likeness (QED) is 0.846. The smallest absolute Gasteiger partial charge is 0.221 e. The largest absolute Gasteiger partial charge is 0.383 e. The van der Waals surface area contributed by atoms with Crippen LogP contribution in [0.5, 0.6) is 0 Å². The third kappa shape index (κ3) is 3.74. The molecule has 0 aliphatic carbocycles. The van der Waals surface area contributed by atoms with Crippen molar-refractivity contribution in [1.29, 1.82) is 0 Å². The molecular formula is C12H17ClN2O. The van der Waals surface area contributed by atoms with E-state index in [1.54, 1.807) is 6.07 Å². The minimum absolute atomic E-state index is 0.121. The number of carbonyl (C=O) groups is 1. The van der Waals surface area contributed by atoms with Crippen LogP contribution in [0.3, 0.4) is 0 Å². The molecule has 1 atom stereocenters. The van der Waals surface area contributed by atoms with Gasteiger partial charge in [-0.3, -0.25) is 4.79 Å². The maximum atomic E-state index is 10.9. The van der Waals surface area contributed by atoms with E-state index < -0.39 is 0 Å². The number of amides is 1. The van der Waals surface area contributed by atoms with Crippen molar-refractivity contribution in [3.63, 3.8) is 0 Å². The summed E-state index contributed by atoms with van der Waals surface area (Å²) in [5.74, 6) is -0.121. The van der Waals surface area contributed by atoms with Gasteiger partial charge >= 0.3 is 0 Å². The summed E-state index contributed by atoms with van der Waals surface area (Å²) in [6.07, 6.45) is 1.05. The fraction of sp³-hybridized carbons (Fsp3) is 0.417. The van der Waals surface area contributed by atoms with E-state index in [-0.39, 0.29) is 5.91 Å². The number of rotatable bonds is 4. The Morgan fingerprint density at radius 2 is 2.19 bits per heavy atom. The van der Waals surface area contributed by atoms with Crippen LogP contribution in [-0.2, 0) is 4.79 Å². The normalized spacial score (nSPS) is 12.0. The predicted molar refractivity (Wildman–Crippen MR) is 69.1 cm³/mol. The molecule has 88 valence electrons. The number of nitrogens with one attached hydrogen (secondary N) is 2. The Labute approximate surface area is 101 Å². The maximum Gasteiger partial charge on any atom is 0.221 e. The van der Waals surface area contributed by atoms with E-state index in [0.717, 1.165) is 12.1 Å². The molecule has 16 heavy (non-hydrogen) atoms. The number of carbonyl (C=O) groups excluding carboxylic acids is 1. The Balaban J connectivity index is 2.78. The average molecular weight is 241 g/mol. The van der Waals surface area contributed by atoms with Gasteiger partial charge in [-0.2, -0.15) is 0 Å². The van der Waals surface area contributed by atoms with Crippen molar-refractivity contribution in [2.24, 2.45) is 0 Å². The van der Waals surface area contributed by atoms with Gasteiger partial charge in [0.1, 0.15) is 0 Å². The second-order valence-electron chi connectivity index (χ2n) is 3.83. The maximum absolute atomic E-state index is 10.9. The fourth-order valence-corrected chi connectivity index (χ4v) is 1.51. The summed E-state index contributed by atoms with van der Waals surface area (Å²) in [5.41, 5.74) is 1.61. The lowest BCUT2D eigenvalue weighted by Crippen LogP contribution is -2.13. The van der Waals surface area contributed by atoms with Crippen molar-refractivity contribution >= 4 is 28.9 Å². The number of anilines is 2. The van der Waals surface area contributed by atoms with Gasteiger partial charge < -0.3 is 10.6 Å². The van der Waals surface area contributed by atoms with Crippen molar-refractivity contribution in [2.75, 3.05) is 10.6 Å². The number of hydrogen-bond acceptors (Lipinski definition) is 2. The van der Waals surface area contributed by atoms with Crippen LogP contribution in [0.4, 0.5) is 11.4 Å². The Bertz CT molecular complexity index is 379. The summed E-state index contributed by atoms with van der Waals surface area (Å²) in [6, 6.07) is 5.93. The molecule has 0 heterocycles. The zero-order chi connectivity index (χ0) is 12.1. The Morgan fingerprint density at radius 3 is 2.69 bits per heavy atom. The fourth-order valence-electron chi connectivity index (χ4n) is 1.28. The molecule has 1 unspecified atom stereocenters. The molecule has 1 aromatic rings. The molecule has 0 aliphatic rings. The first-order valence-electron chi connectivity index (χ1n) is 5.36. The lowest BCUT2D eigenvalue weighted by Gasteiger charge is -2.14. The highest BCUT2D eigenvalue weighted by atomic mass is 35.5. The first-order valence-corrected chi connectivity index (χ1v) is 5.74.